The van der Waals surface area contributed by atoms with Crippen LogP contribution in [-0.2, 0) is 0 Å². The number of thioether (sulfide) groups is 1. The van der Waals surface area contributed by atoms with Gasteiger partial charge in [0, 0.05) is 5.75 Å². The molecule has 0 unspecified atom stereocenters. The smallest absolute Gasteiger partial charge is 0.000484 e. The highest BCUT2D eigenvalue weighted by Crippen LogP contribution is 2.28. The zero-order valence-electron chi connectivity index (χ0n) is 7.44. The third kappa shape index (κ3) is 3.85. The third-order valence-corrected chi connectivity index (χ3v) is 3.42. The summed E-state index contributed by atoms with van der Waals surface area (Å²) in [7, 11) is 0. The summed E-state index contributed by atoms with van der Waals surface area (Å²) in [4.78, 5) is 1.27. The fourth-order valence-corrected chi connectivity index (χ4v) is 2.47. The van der Waals surface area contributed by atoms with Gasteiger partial charge in [0.05, 0.1) is 0 Å². The topological polar surface area (TPSA) is 0 Å². The van der Waals surface area contributed by atoms with E-state index in [1.807, 2.05) is 11.8 Å². The van der Waals surface area contributed by atoms with Crippen LogP contribution in [0.3, 0.4) is 0 Å². The van der Waals surface area contributed by atoms with Crippen molar-refractivity contribution in [3.63, 3.8) is 0 Å². The van der Waals surface area contributed by atoms with E-state index in [0.717, 1.165) is 5.92 Å². The molecule has 0 amide bonds. The van der Waals surface area contributed by atoms with Crippen molar-refractivity contribution < 1.29 is 0 Å². The Kier molecular flexibility index (Phi) is 4.06. The van der Waals surface area contributed by atoms with Crippen molar-refractivity contribution in [2.75, 3.05) is 5.75 Å². The summed E-state index contributed by atoms with van der Waals surface area (Å²) in [5.74, 6) is 2.31. The van der Waals surface area contributed by atoms with E-state index in [-0.39, 0.29) is 0 Å². The van der Waals surface area contributed by atoms with E-state index >= 15 is 0 Å². The second-order valence-electron chi connectivity index (χ2n) is 3.52. The van der Waals surface area contributed by atoms with Gasteiger partial charge in [-0.2, -0.15) is 0 Å². The monoisotopic (exact) mass is 170 g/mol. The number of hydrogen-bond acceptors (Lipinski definition) is 1. The second-order valence-corrected chi connectivity index (χ2v) is 4.84. The van der Waals surface area contributed by atoms with Crippen LogP contribution in [0.25, 0.3) is 0 Å². The molecule has 0 atom stereocenters. The standard InChI is InChI=1S/C10H18S/c1-9(2)11-8-10-6-4-3-5-7-10/h10H,1,3-8H2,2H3. The molecule has 0 aromatic rings. The molecular weight excluding hydrogens is 152 g/mol. The minimum atomic E-state index is 0.991. The lowest BCUT2D eigenvalue weighted by molar-refractivity contribution is 0.391. The predicted octanol–water partition coefficient (Wildman–Crippen LogP) is 3.83. The van der Waals surface area contributed by atoms with Crippen LogP contribution in [0.4, 0.5) is 0 Å². The molecule has 1 saturated carbocycles. The Labute approximate surface area is 74.5 Å². The maximum atomic E-state index is 3.90. The zero-order chi connectivity index (χ0) is 8.10. The third-order valence-electron chi connectivity index (χ3n) is 2.29. The van der Waals surface area contributed by atoms with E-state index in [1.54, 1.807) is 0 Å². The lowest BCUT2D eigenvalue weighted by Crippen LogP contribution is -2.08. The van der Waals surface area contributed by atoms with Gasteiger partial charge in [0.1, 0.15) is 0 Å². The summed E-state index contributed by atoms with van der Waals surface area (Å²) in [5.41, 5.74) is 0. The van der Waals surface area contributed by atoms with Crippen LogP contribution >= 0.6 is 11.8 Å². The van der Waals surface area contributed by atoms with Crippen LogP contribution in [0, 0.1) is 5.92 Å². The Bertz CT molecular complexity index is 123. The molecular formula is C10H18S. The van der Waals surface area contributed by atoms with Crippen LogP contribution in [0.15, 0.2) is 11.5 Å². The van der Waals surface area contributed by atoms with Crippen molar-refractivity contribution in [2.45, 2.75) is 39.0 Å². The first-order chi connectivity index (χ1) is 5.29. The Hall–Kier alpha value is 0.0900. The van der Waals surface area contributed by atoms with E-state index in [9.17, 15) is 0 Å². The molecule has 0 heterocycles. The molecule has 0 N–H and O–H groups in total. The lowest BCUT2D eigenvalue weighted by atomic mass is 9.91. The summed E-state index contributed by atoms with van der Waals surface area (Å²) in [5, 5.41) is 0. The second kappa shape index (κ2) is 4.87. The van der Waals surface area contributed by atoms with Gasteiger partial charge < -0.3 is 0 Å². The molecule has 0 aromatic carbocycles. The van der Waals surface area contributed by atoms with Gasteiger partial charge in [-0.1, -0.05) is 25.8 Å². The van der Waals surface area contributed by atoms with E-state index in [1.165, 1.54) is 42.8 Å². The molecule has 0 aromatic heterocycles. The molecule has 0 bridgehead atoms. The first kappa shape index (κ1) is 9.18. The average Bonchev–Trinajstić information content (AvgIpc) is 2.03. The number of hydrogen-bond donors (Lipinski definition) is 0. The molecule has 0 saturated heterocycles. The van der Waals surface area contributed by atoms with Gasteiger partial charge in [-0.25, -0.2) is 0 Å². The van der Waals surface area contributed by atoms with Crippen molar-refractivity contribution in [3.05, 3.63) is 11.5 Å². The van der Waals surface area contributed by atoms with Crippen LogP contribution in [0.2, 0.25) is 0 Å². The summed E-state index contributed by atoms with van der Waals surface area (Å²) in [6.45, 7) is 6.01. The van der Waals surface area contributed by atoms with Crippen LogP contribution < -0.4 is 0 Å². The maximum Gasteiger partial charge on any atom is 0.000484 e. The largest absolute Gasteiger partial charge is 0.131 e. The van der Waals surface area contributed by atoms with Crippen molar-refractivity contribution in [1.82, 2.24) is 0 Å². The molecule has 1 aliphatic rings. The first-order valence-electron chi connectivity index (χ1n) is 4.57. The molecule has 0 spiro atoms. The van der Waals surface area contributed by atoms with E-state index in [2.05, 4.69) is 13.5 Å². The number of rotatable bonds is 3. The van der Waals surface area contributed by atoms with Crippen LogP contribution in [-0.4, -0.2) is 5.75 Å². The van der Waals surface area contributed by atoms with Gasteiger partial charge in [-0.3, -0.25) is 0 Å². The van der Waals surface area contributed by atoms with Crippen LogP contribution in [0.1, 0.15) is 39.0 Å². The van der Waals surface area contributed by atoms with Crippen molar-refractivity contribution in [1.29, 1.82) is 0 Å². The van der Waals surface area contributed by atoms with E-state index < -0.39 is 0 Å². The Morgan fingerprint density at radius 1 is 1.36 bits per heavy atom. The van der Waals surface area contributed by atoms with Gasteiger partial charge in [-0.05, 0) is 30.6 Å². The van der Waals surface area contributed by atoms with Gasteiger partial charge in [0.15, 0.2) is 0 Å². The molecule has 11 heavy (non-hydrogen) atoms. The predicted molar refractivity (Wildman–Crippen MR) is 53.8 cm³/mol. The molecule has 0 nitrogen and oxygen atoms in total. The first-order valence-corrected chi connectivity index (χ1v) is 5.56. The molecule has 0 radical (unpaired) electrons. The molecule has 64 valence electrons. The Morgan fingerprint density at radius 2 is 2.00 bits per heavy atom. The van der Waals surface area contributed by atoms with E-state index in [0.29, 0.717) is 0 Å². The summed E-state index contributed by atoms with van der Waals surface area (Å²) in [6, 6.07) is 0. The maximum absolute atomic E-state index is 3.90. The molecule has 0 aliphatic heterocycles. The van der Waals surface area contributed by atoms with Crippen LogP contribution in [0.5, 0.6) is 0 Å². The minimum Gasteiger partial charge on any atom is -0.131 e. The summed E-state index contributed by atoms with van der Waals surface area (Å²) >= 11 is 1.94. The van der Waals surface area contributed by atoms with Gasteiger partial charge in [-0.15, -0.1) is 11.8 Å². The highest BCUT2D eigenvalue weighted by Gasteiger charge is 2.12. The minimum absolute atomic E-state index is 0.991. The summed E-state index contributed by atoms with van der Waals surface area (Å²) in [6.07, 6.45) is 7.30. The summed E-state index contributed by atoms with van der Waals surface area (Å²) < 4.78 is 0. The van der Waals surface area contributed by atoms with Crippen molar-refractivity contribution in [3.8, 4) is 0 Å². The molecule has 1 heteroatoms. The van der Waals surface area contributed by atoms with Gasteiger partial charge in [0.25, 0.3) is 0 Å². The van der Waals surface area contributed by atoms with E-state index in [4.69, 9.17) is 0 Å². The van der Waals surface area contributed by atoms with Gasteiger partial charge in [0.2, 0.25) is 0 Å². The molecule has 1 aliphatic carbocycles. The normalized spacial score (nSPS) is 20.1. The zero-order valence-corrected chi connectivity index (χ0v) is 8.25. The van der Waals surface area contributed by atoms with Crippen molar-refractivity contribution >= 4 is 11.8 Å². The highest BCUT2D eigenvalue weighted by atomic mass is 32.2. The Morgan fingerprint density at radius 3 is 2.55 bits per heavy atom. The van der Waals surface area contributed by atoms with Gasteiger partial charge >= 0.3 is 0 Å². The number of allylic oxidation sites excluding steroid dienone is 1. The Balaban J connectivity index is 2.09. The molecule has 1 fully saturated rings. The average molecular weight is 170 g/mol. The lowest BCUT2D eigenvalue weighted by Gasteiger charge is -2.20. The van der Waals surface area contributed by atoms with Crippen molar-refractivity contribution in [2.24, 2.45) is 5.92 Å². The fraction of sp³-hybridized carbons (Fsp3) is 0.800. The fourth-order valence-electron chi connectivity index (χ4n) is 1.61. The SMILES string of the molecule is C=C(C)SCC1CCCCC1. The quantitative estimate of drug-likeness (QED) is 0.620. The highest BCUT2D eigenvalue weighted by molar-refractivity contribution is 8.03. The molecule has 1 rings (SSSR count).